The van der Waals surface area contributed by atoms with Crippen molar-refractivity contribution in [3.8, 4) is 0 Å². The van der Waals surface area contributed by atoms with Gasteiger partial charge in [0.1, 0.15) is 5.82 Å². The van der Waals surface area contributed by atoms with Crippen LogP contribution in [0, 0.1) is 5.82 Å². The third-order valence-electron chi connectivity index (χ3n) is 3.05. The summed E-state index contributed by atoms with van der Waals surface area (Å²) < 4.78 is 18.9. The Morgan fingerprint density at radius 2 is 2.00 bits per heavy atom. The third-order valence-corrected chi connectivity index (χ3v) is 3.84. The van der Waals surface area contributed by atoms with Crippen LogP contribution in [0.15, 0.2) is 48.0 Å². The predicted molar refractivity (Wildman–Crippen MR) is 80.6 cm³/mol. The first-order valence-corrected chi connectivity index (χ1v) is 7.30. The van der Waals surface area contributed by atoms with Gasteiger partial charge in [0.25, 0.3) is 0 Å². The number of fused-ring (bicyclic) bond motifs is 1. The Balaban J connectivity index is 1.67. The predicted octanol–water partition coefficient (Wildman–Crippen LogP) is 3.48. The van der Waals surface area contributed by atoms with Gasteiger partial charge in [0.05, 0.1) is 21.3 Å². The van der Waals surface area contributed by atoms with Crippen molar-refractivity contribution in [2.24, 2.45) is 0 Å². The topological polar surface area (TPSA) is 56.3 Å². The highest BCUT2D eigenvalue weighted by Gasteiger charge is 2.13. The van der Waals surface area contributed by atoms with Crippen molar-refractivity contribution in [3.05, 3.63) is 64.9 Å². The minimum Gasteiger partial charge on any atom is -0.454 e. The maximum Gasteiger partial charge on any atom is 0.338 e. The highest BCUT2D eigenvalue weighted by atomic mass is 32.1. The molecule has 4 nitrogen and oxygen atoms in total. The van der Waals surface area contributed by atoms with Crippen molar-refractivity contribution in [2.75, 3.05) is 6.61 Å². The molecular formula is C16H10FNO3S. The molecule has 3 rings (SSSR count). The lowest BCUT2D eigenvalue weighted by Gasteiger charge is -2.04. The molecule has 0 fully saturated rings. The number of hydrogen-bond donors (Lipinski definition) is 0. The van der Waals surface area contributed by atoms with E-state index in [9.17, 15) is 14.0 Å². The van der Waals surface area contributed by atoms with Crippen molar-refractivity contribution in [1.29, 1.82) is 0 Å². The number of aromatic nitrogens is 1. The second kappa shape index (κ2) is 6.03. The van der Waals surface area contributed by atoms with Crippen LogP contribution in [-0.2, 0) is 4.74 Å². The summed E-state index contributed by atoms with van der Waals surface area (Å²) >= 11 is 1.41. The first-order chi connectivity index (χ1) is 10.6. The van der Waals surface area contributed by atoms with Gasteiger partial charge in [-0.1, -0.05) is 12.1 Å². The monoisotopic (exact) mass is 315 g/mol. The number of Topliss-reactive ketones (excluding diaryl/α,β-unsaturated/α-hetero) is 1. The molecule has 6 heteroatoms. The van der Waals surface area contributed by atoms with Crippen molar-refractivity contribution < 1.29 is 18.7 Å². The molecule has 1 heterocycles. The van der Waals surface area contributed by atoms with Gasteiger partial charge < -0.3 is 4.74 Å². The van der Waals surface area contributed by atoms with Gasteiger partial charge in [-0.15, -0.1) is 11.3 Å². The molecule has 3 aromatic rings. The molecule has 110 valence electrons. The van der Waals surface area contributed by atoms with Crippen LogP contribution in [0.5, 0.6) is 0 Å². The summed E-state index contributed by atoms with van der Waals surface area (Å²) in [6.07, 6.45) is 0. The minimum atomic E-state index is -0.597. The molecule has 0 spiro atoms. The molecule has 0 N–H and O–H groups in total. The maximum atomic E-state index is 13.0. The molecule has 0 bridgehead atoms. The fraction of sp³-hybridized carbons (Fsp3) is 0.0625. The second-order valence-corrected chi connectivity index (χ2v) is 5.43. The van der Waals surface area contributed by atoms with Crippen molar-refractivity contribution in [3.63, 3.8) is 0 Å². The van der Waals surface area contributed by atoms with Gasteiger partial charge >= 0.3 is 5.97 Å². The summed E-state index contributed by atoms with van der Waals surface area (Å²) in [4.78, 5) is 27.9. The van der Waals surface area contributed by atoms with E-state index in [2.05, 4.69) is 4.98 Å². The molecular weight excluding hydrogens is 305 g/mol. The van der Waals surface area contributed by atoms with Crippen LogP contribution in [0.25, 0.3) is 10.2 Å². The minimum absolute atomic E-state index is 0.172. The number of benzene rings is 2. The molecule has 22 heavy (non-hydrogen) atoms. The molecule has 0 radical (unpaired) electrons. The molecule has 0 amide bonds. The maximum absolute atomic E-state index is 13.0. The molecule has 0 atom stereocenters. The number of nitrogens with zero attached hydrogens (tertiary/aromatic N) is 1. The van der Waals surface area contributed by atoms with E-state index in [-0.39, 0.29) is 5.56 Å². The van der Waals surface area contributed by atoms with Crippen LogP contribution in [0.4, 0.5) is 4.39 Å². The number of carbonyl (C=O) groups is 2. The highest BCUT2D eigenvalue weighted by Crippen LogP contribution is 2.19. The number of halogens is 1. The first kappa shape index (κ1) is 14.3. The normalized spacial score (nSPS) is 10.6. The quantitative estimate of drug-likeness (QED) is 0.546. The van der Waals surface area contributed by atoms with Crippen LogP contribution in [-0.4, -0.2) is 23.3 Å². The number of esters is 1. The molecule has 1 aromatic heterocycles. The molecule has 0 unspecified atom stereocenters. The smallest absolute Gasteiger partial charge is 0.338 e. The Labute approximate surface area is 129 Å². The van der Waals surface area contributed by atoms with Crippen molar-refractivity contribution >= 4 is 33.3 Å². The van der Waals surface area contributed by atoms with Crippen molar-refractivity contribution in [2.45, 2.75) is 0 Å². The molecule has 0 saturated heterocycles. The summed E-state index contributed by atoms with van der Waals surface area (Å²) in [6, 6.07) is 10.2. The van der Waals surface area contributed by atoms with Gasteiger partial charge in [-0.05, 0) is 30.3 Å². The Kier molecular flexibility index (Phi) is 3.93. The van der Waals surface area contributed by atoms with Crippen LogP contribution in [0.3, 0.4) is 0 Å². The molecule has 2 aromatic carbocycles. The lowest BCUT2D eigenvalue weighted by molar-refractivity contribution is 0.0475. The lowest BCUT2D eigenvalue weighted by atomic mass is 10.1. The number of hydrogen-bond acceptors (Lipinski definition) is 5. The zero-order valence-electron chi connectivity index (χ0n) is 11.3. The van der Waals surface area contributed by atoms with Crippen LogP contribution in [0.2, 0.25) is 0 Å². The SMILES string of the molecule is O=C(COC(=O)c1ccc2ncsc2c1)c1cccc(F)c1. The van der Waals surface area contributed by atoms with E-state index in [1.165, 1.54) is 29.5 Å². The summed E-state index contributed by atoms with van der Waals surface area (Å²) in [7, 11) is 0. The van der Waals surface area contributed by atoms with E-state index < -0.39 is 24.2 Å². The lowest BCUT2D eigenvalue weighted by Crippen LogP contribution is -2.14. The van der Waals surface area contributed by atoms with Crippen molar-refractivity contribution in [1.82, 2.24) is 4.98 Å². The van der Waals surface area contributed by atoms with Gasteiger partial charge in [-0.3, -0.25) is 4.79 Å². The fourth-order valence-corrected chi connectivity index (χ4v) is 2.66. The van der Waals surface area contributed by atoms with E-state index in [1.54, 1.807) is 23.7 Å². The number of rotatable bonds is 4. The largest absolute Gasteiger partial charge is 0.454 e. The van der Waals surface area contributed by atoms with Crippen LogP contribution >= 0.6 is 11.3 Å². The second-order valence-electron chi connectivity index (χ2n) is 4.54. The molecule has 0 aliphatic rings. The molecule has 0 saturated carbocycles. The van der Waals surface area contributed by atoms with E-state index in [4.69, 9.17) is 4.74 Å². The van der Waals surface area contributed by atoms with E-state index in [1.807, 2.05) is 0 Å². The number of carbonyl (C=O) groups excluding carboxylic acids is 2. The number of thiazole rings is 1. The number of ether oxygens (including phenoxy) is 1. The molecule has 0 aliphatic carbocycles. The Bertz CT molecular complexity index is 859. The zero-order chi connectivity index (χ0) is 15.5. The summed E-state index contributed by atoms with van der Waals surface area (Å²) in [5.74, 6) is -1.56. The fourth-order valence-electron chi connectivity index (χ4n) is 1.94. The van der Waals surface area contributed by atoms with Gasteiger partial charge in [-0.2, -0.15) is 0 Å². The summed E-state index contributed by atoms with van der Waals surface area (Å²) in [5.41, 5.74) is 3.01. The average Bonchev–Trinajstić information content (AvgIpc) is 2.99. The standard InChI is InChI=1S/C16H10FNO3S/c17-12-3-1-2-10(6-12)14(19)8-21-16(20)11-4-5-13-15(7-11)22-9-18-13/h1-7,9H,8H2. The van der Waals surface area contributed by atoms with Gasteiger partial charge in [0, 0.05) is 5.56 Å². The van der Waals surface area contributed by atoms with Gasteiger partial charge in [0.15, 0.2) is 12.4 Å². The molecule has 0 aliphatic heterocycles. The first-order valence-electron chi connectivity index (χ1n) is 6.42. The highest BCUT2D eigenvalue weighted by molar-refractivity contribution is 7.16. The number of ketones is 1. The summed E-state index contributed by atoms with van der Waals surface area (Å²) in [5, 5.41) is 0. The van der Waals surface area contributed by atoms with E-state index in [0.29, 0.717) is 5.56 Å². The average molecular weight is 315 g/mol. The third kappa shape index (κ3) is 3.01. The van der Waals surface area contributed by atoms with Gasteiger partial charge in [0.2, 0.25) is 0 Å². The van der Waals surface area contributed by atoms with Crippen LogP contribution in [0.1, 0.15) is 20.7 Å². The summed E-state index contributed by atoms with van der Waals surface area (Å²) in [6.45, 7) is -0.428. The Morgan fingerprint density at radius 1 is 1.14 bits per heavy atom. The Hall–Kier alpha value is -2.60. The Morgan fingerprint density at radius 3 is 2.82 bits per heavy atom. The van der Waals surface area contributed by atoms with E-state index >= 15 is 0 Å². The van der Waals surface area contributed by atoms with Crippen LogP contribution < -0.4 is 0 Å². The van der Waals surface area contributed by atoms with E-state index in [0.717, 1.165) is 16.3 Å². The van der Waals surface area contributed by atoms with Gasteiger partial charge in [-0.25, -0.2) is 14.2 Å². The zero-order valence-corrected chi connectivity index (χ0v) is 12.1.